The molecule has 0 saturated carbocycles. The van der Waals surface area contributed by atoms with Crippen molar-refractivity contribution in [2.75, 3.05) is 6.61 Å². The number of benzene rings is 2. The molecule has 22 heavy (non-hydrogen) atoms. The minimum absolute atomic E-state index is 0.209. The molecule has 0 aromatic heterocycles. The molecule has 0 spiro atoms. The van der Waals surface area contributed by atoms with Gasteiger partial charge in [-0.2, -0.15) is 0 Å². The Kier molecular flexibility index (Phi) is 3.95. The number of phenolic OH excluding ortho intramolecular Hbond substituents is 1. The molecule has 3 heteroatoms. The normalized spacial score (nSPS) is 13.5. The molecule has 2 aromatic carbocycles. The van der Waals surface area contributed by atoms with Crippen LogP contribution >= 0.6 is 11.6 Å². The predicted octanol–water partition coefficient (Wildman–Crippen LogP) is 5.10. The number of hydrogen-bond acceptors (Lipinski definition) is 2. The molecule has 1 aliphatic carbocycles. The fourth-order valence-electron chi connectivity index (χ4n) is 2.78. The quantitative estimate of drug-likeness (QED) is 0.854. The van der Waals surface area contributed by atoms with Crippen LogP contribution in [0.2, 0.25) is 5.02 Å². The predicted molar refractivity (Wildman–Crippen MR) is 91.4 cm³/mol. The van der Waals surface area contributed by atoms with Crippen molar-refractivity contribution < 1.29 is 9.84 Å². The zero-order valence-corrected chi connectivity index (χ0v) is 13.2. The average molecular weight is 313 g/mol. The molecule has 0 radical (unpaired) electrons. The van der Waals surface area contributed by atoms with E-state index in [4.69, 9.17) is 16.3 Å². The van der Waals surface area contributed by atoms with Gasteiger partial charge < -0.3 is 9.84 Å². The summed E-state index contributed by atoms with van der Waals surface area (Å²) in [6.07, 6.45) is 2.68. The minimum Gasteiger partial charge on any atom is -0.507 e. The van der Waals surface area contributed by atoms with Gasteiger partial charge in [-0.1, -0.05) is 36.4 Å². The van der Waals surface area contributed by atoms with Crippen LogP contribution in [0.1, 0.15) is 23.6 Å². The van der Waals surface area contributed by atoms with Crippen molar-refractivity contribution in [2.24, 2.45) is 0 Å². The zero-order valence-electron chi connectivity index (χ0n) is 12.4. The third-order valence-corrected chi connectivity index (χ3v) is 4.16. The largest absolute Gasteiger partial charge is 0.507 e. The number of hydrogen-bond donors (Lipinski definition) is 1. The summed E-state index contributed by atoms with van der Waals surface area (Å²) in [5.74, 6) is 0.873. The van der Waals surface area contributed by atoms with Crippen molar-refractivity contribution in [3.05, 3.63) is 70.8 Å². The average Bonchev–Trinajstić information content (AvgIpc) is 2.49. The highest BCUT2D eigenvalue weighted by Crippen LogP contribution is 2.39. The van der Waals surface area contributed by atoms with E-state index in [0.717, 1.165) is 32.9 Å². The van der Waals surface area contributed by atoms with Crippen LogP contribution < -0.4 is 4.74 Å². The smallest absolute Gasteiger partial charge is 0.126 e. The Morgan fingerprint density at radius 3 is 2.77 bits per heavy atom. The Labute approximate surface area is 135 Å². The molecule has 2 aromatic rings. The lowest BCUT2D eigenvalue weighted by Gasteiger charge is -2.21. The monoisotopic (exact) mass is 312 g/mol. The van der Waals surface area contributed by atoms with E-state index < -0.39 is 0 Å². The van der Waals surface area contributed by atoms with Gasteiger partial charge in [-0.15, -0.1) is 0 Å². The molecule has 0 fully saturated rings. The Morgan fingerprint density at radius 2 is 2.05 bits per heavy atom. The first-order valence-corrected chi connectivity index (χ1v) is 7.61. The van der Waals surface area contributed by atoms with Crippen LogP contribution in [-0.4, -0.2) is 11.7 Å². The summed E-state index contributed by atoms with van der Waals surface area (Å²) in [5, 5.41) is 11.0. The van der Waals surface area contributed by atoms with Gasteiger partial charge in [-0.05, 0) is 47.4 Å². The highest BCUT2D eigenvalue weighted by molar-refractivity contribution is 6.31. The molecule has 1 aliphatic rings. The summed E-state index contributed by atoms with van der Waals surface area (Å²) in [4.78, 5) is 0. The van der Waals surface area contributed by atoms with Gasteiger partial charge in [-0.3, -0.25) is 0 Å². The first-order valence-electron chi connectivity index (χ1n) is 7.23. The maximum Gasteiger partial charge on any atom is 0.126 e. The molecule has 0 unspecified atom stereocenters. The summed E-state index contributed by atoms with van der Waals surface area (Å²) < 4.78 is 5.41. The van der Waals surface area contributed by atoms with Crippen LogP contribution in [0.15, 0.2) is 49.1 Å². The Balaban J connectivity index is 2.00. The van der Waals surface area contributed by atoms with E-state index in [-0.39, 0.29) is 5.75 Å². The molecule has 0 aliphatic heterocycles. The van der Waals surface area contributed by atoms with Crippen LogP contribution in [-0.2, 0) is 6.42 Å². The maximum atomic E-state index is 10.3. The Bertz CT molecular complexity index is 775. The van der Waals surface area contributed by atoms with Gasteiger partial charge in [0.15, 0.2) is 0 Å². The van der Waals surface area contributed by atoms with Crippen LogP contribution in [0.4, 0.5) is 0 Å². The highest BCUT2D eigenvalue weighted by Gasteiger charge is 2.19. The highest BCUT2D eigenvalue weighted by atomic mass is 35.5. The number of aromatic hydroxyl groups is 1. The van der Waals surface area contributed by atoms with Gasteiger partial charge >= 0.3 is 0 Å². The summed E-state index contributed by atoms with van der Waals surface area (Å²) >= 11 is 6.32. The molecule has 2 nitrogen and oxygen atoms in total. The molecule has 0 atom stereocenters. The van der Waals surface area contributed by atoms with E-state index in [9.17, 15) is 5.11 Å². The number of allylic oxidation sites excluding steroid dienone is 3. The maximum absolute atomic E-state index is 10.3. The standard InChI is InChI=1S/C19H17ClO2/c1-3-22-14-7-8-16(19(21)11-14)13-9-12(2)15-5-4-6-18(20)17(15)10-13/h4-9,11,21H,2-3,10H2,1H3. The van der Waals surface area contributed by atoms with Crippen molar-refractivity contribution in [3.63, 3.8) is 0 Å². The molecule has 1 N–H and O–H groups in total. The van der Waals surface area contributed by atoms with E-state index in [1.54, 1.807) is 6.07 Å². The van der Waals surface area contributed by atoms with E-state index >= 15 is 0 Å². The molecular weight excluding hydrogens is 296 g/mol. The van der Waals surface area contributed by atoms with Gasteiger partial charge in [-0.25, -0.2) is 0 Å². The van der Waals surface area contributed by atoms with Crippen molar-refractivity contribution in [1.29, 1.82) is 0 Å². The SMILES string of the molecule is C=C1C=C(c2ccc(OCC)cc2O)Cc2c(Cl)cccc21. The summed E-state index contributed by atoms with van der Waals surface area (Å²) in [5.41, 5.74) is 4.83. The molecule has 0 bridgehead atoms. The molecule has 0 saturated heterocycles. The lowest BCUT2D eigenvalue weighted by molar-refractivity contribution is 0.337. The van der Waals surface area contributed by atoms with Crippen LogP contribution in [0.3, 0.4) is 0 Å². The number of rotatable bonds is 3. The van der Waals surface area contributed by atoms with Crippen LogP contribution in [0.25, 0.3) is 11.1 Å². The van der Waals surface area contributed by atoms with Crippen LogP contribution in [0.5, 0.6) is 11.5 Å². The van der Waals surface area contributed by atoms with Gasteiger partial charge in [0.2, 0.25) is 0 Å². The van der Waals surface area contributed by atoms with Crippen molar-refractivity contribution in [3.8, 4) is 11.5 Å². The third kappa shape index (κ3) is 2.62. The summed E-state index contributed by atoms with van der Waals surface area (Å²) in [7, 11) is 0. The minimum atomic E-state index is 0.209. The van der Waals surface area contributed by atoms with Crippen molar-refractivity contribution in [1.82, 2.24) is 0 Å². The second kappa shape index (κ2) is 5.90. The van der Waals surface area contributed by atoms with E-state index in [0.29, 0.717) is 18.8 Å². The van der Waals surface area contributed by atoms with E-state index in [1.165, 1.54) is 0 Å². The fourth-order valence-corrected chi connectivity index (χ4v) is 3.02. The molecule has 112 valence electrons. The zero-order chi connectivity index (χ0) is 15.7. The second-order valence-electron chi connectivity index (χ2n) is 5.25. The molecule has 3 rings (SSSR count). The lowest BCUT2D eigenvalue weighted by Crippen LogP contribution is -2.03. The Hall–Kier alpha value is -2.19. The van der Waals surface area contributed by atoms with E-state index in [1.807, 2.05) is 43.3 Å². The van der Waals surface area contributed by atoms with Gasteiger partial charge in [0.25, 0.3) is 0 Å². The molecular formula is C19H17ClO2. The number of fused-ring (bicyclic) bond motifs is 1. The number of phenols is 1. The van der Waals surface area contributed by atoms with E-state index in [2.05, 4.69) is 6.58 Å². The molecule has 0 amide bonds. The third-order valence-electron chi connectivity index (χ3n) is 3.81. The summed E-state index contributed by atoms with van der Waals surface area (Å²) in [6, 6.07) is 11.2. The van der Waals surface area contributed by atoms with Crippen molar-refractivity contribution in [2.45, 2.75) is 13.3 Å². The molecule has 0 heterocycles. The van der Waals surface area contributed by atoms with Crippen LogP contribution in [0, 0.1) is 0 Å². The topological polar surface area (TPSA) is 29.5 Å². The number of halogens is 1. The first-order chi connectivity index (χ1) is 10.6. The first kappa shape index (κ1) is 14.7. The van der Waals surface area contributed by atoms with Crippen molar-refractivity contribution >= 4 is 22.7 Å². The summed E-state index contributed by atoms with van der Waals surface area (Å²) in [6.45, 7) is 6.59. The van der Waals surface area contributed by atoms with Gasteiger partial charge in [0.1, 0.15) is 11.5 Å². The fraction of sp³-hybridized carbons (Fsp3) is 0.158. The number of ether oxygens (including phenoxy) is 1. The lowest BCUT2D eigenvalue weighted by atomic mass is 9.85. The Morgan fingerprint density at radius 1 is 1.23 bits per heavy atom. The second-order valence-corrected chi connectivity index (χ2v) is 5.66. The van der Waals surface area contributed by atoms with Gasteiger partial charge in [0, 0.05) is 23.1 Å². The van der Waals surface area contributed by atoms with Gasteiger partial charge in [0.05, 0.1) is 6.61 Å².